The Labute approximate surface area is 140 Å². The highest BCUT2D eigenvalue weighted by molar-refractivity contribution is 5.90. The van der Waals surface area contributed by atoms with Crippen molar-refractivity contribution in [1.82, 2.24) is 0 Å². The van der Waals surface area contributed by atoms with Gasteiger partial charge in [0.2, 0.25) is 0 Å². The van der Waals surface area contributed by atoms with Gasteiger partial charge in [-0.15, -0.1) is 0 Å². The van der Waals surface area contributed by atoms with Gasteiger partial charge in [0.05, 0.1) is 33.3 Å². The number of allylic oxidation sites excluding steroid dienone is 2. The average molecular weight is 329 g/mol. The molecular weight excluding hydrogens is 310 g/mol. The molecule has 1 aliphatic carbocycles. The summed E-state index contributed by atoms with van der Waals surface area (Å²) < 4.78 is 14.8. The monoisotopic (exact) mass is 329 g/mol. The van der Waals surface area contributed by atoms with Crippen LogP contribution in [0.1, 0.15) is 17.9 Å². The van der Waals surface area contributed by atoms with Crippen LogP contribution in [-0.4, -0.2) is 33.3 Å². The Morgan fingerprint density at radius 2 is 1.83 bits per heavy atom. The second-order valence-corrected chi connectivity index (χ2v) is 5.46. The van der Waals surface area contributed by atoms with E-state index in [9.17, 15) is 14.9 Å². The molecule has 0 aliphatic heterocycles. The fourth-order valence-corrected chi connectivity index (χ4v) is 3.15. The highest BCUT2D eigenvalue weighted by Gasteiger charge is 2.57. The van der Waals surface area contributed by atoms with Crippen molar-refractivity contribution in [2.45, 2.75) is 12.3 Å². The summed E-state index contributed by atoms with van der Waals surface area (Å²) in [6.07, 6.45) is 3.79. The summed E-state index contributed by atoms with van der Waals surface area (Å²) >= 11 is 0. The normalized spacial score (nSPS) is 25.4. The molecule has 0 spiro atoms. The average Bonchev–Trinajstić information content (AvgIpc) is 2.65. The molecule has 6 nitrogen and oxygen atoms in total. The standard InChI is InChI=1S/C18H19NO5/c1-22-13-9-7-12(8-10-13)14-5-4-6-15(16(20)23-2)18(14,11-19)17(21)24-3/h4-5,7-10,14-15H,6H2,1-3H3/t14-,15+,18?/m0/s1. The Kier molecular flexibility index (Phi) is 5.24. The Balaban J connectivity index is 2.59. The van der Waals surface area contributed by atoms with Gasteiger partial charge in [0.1, 0.15) is 5.75 Å². The van der Waals surface area contributed by atoms with Gasteiger partial charge in [0.15, 0.2) is 5.41 Å². The van der Waals surface area contributed by atoms with Crippen molar-refractivity contribution in [3.63, 3.8) is 0 Å². The molecule has 0 aromatic heterocycles. The number of hydrogen-bond acceptors (Lipinski definition) is 6. The summed E-state index contributed by atoms with van der Waals surface area (Å²) in [5, 5.41) is 9.87. The number of ether oxygens (including phenoxy) is 3. The van der Waals surface area contributed by atoms with Gasteiger partial charge >= 0.3 is 11.9 Å². The van der Waals surface area contributed by atoms with Crippen molar-refractivity contribution in [2.75, 3.05) is 21.3 Å². The first-order chi connectivity index (χ1) is 11.5. The molecule has 3 atom stereocenters. The van der Waals surface area contributed by atoms with Gasteiger partial charge in [-0.25, -0.2) is 0 Å². The molecule has 2 rings (SSSR count). The summed E-state index contributed by atoms with van der Waals surface area (Å²) in [6.45, 7) is 0. The maximum Gasteiger partial charge on any atom is 0.328 e. The van der Waals surface area contributed by atoms with Crippen molar-refractivity contribution in [2.24, 2.45) is 11.3 Å². The summed E-state index contributed by atoms with van der Waals surface area (Å²) in [6, 6.07) is 9.07. The molecule has 1 unspecified atom stereocenters. The predicted molar refractivity (Wildman–Crippen MR) is 85.1 cm³/mol. The van der Waals surface area contributed by atoms with Crippen LogP contribution in [0.4, 0.5) is 0 Å². The summed E-state index contributed by atoms with van der Waals surface area (Å²) in [4.78, 5) is 24.8. The predicted octanol–water partition coefficient (Wildman–Crippen LogP) is 2.21. The van der Waals surface area contributed by atoms with Gasteiger partial charge in [0.25, 0.3) is 0 Å². The largest absolute Gasteiger partial charge is 0.497 e. The third-order valence-corrected chi connectivity index (χ3v) is 4.41. The summed E-state index contributed by atoms with van der Waals surface area (Å²) in [5.41, 5.74) is -0.960. The van der Waals surface area contributed by atoms with Gasteiger partial charge < -0.3 is 14.2 Å². The first kappa shape index (κ1) is 17.5. The number of rotatable bonds is 4. The molecule has 1 aromatic rings. The molecule has 126 valence electrons. The number of methoxy groups -OCH3 is 3. The van der Waals surface area contributed by atoms with Crippen LogP contribution in [0.5, 0.6) is 5.75 Å². The Morgan fingerprint density at radius 3 is 2.33 bits per heavy atom. The second-order valence-electron chi connectivity index (χ2n) is 5.46. The van der Waals surface area contributed by atoms with E-state index in [1.165, 1.54) is 14.2 Å². The van der Waals surface area contributed by atoms with Crippen LogP contribution in [0.2, 0.25) is 0 Å². The van der Waals surface area contributed by atoms with Crippen LogP contribution in [0.3, 0.4) is 0 Å². The van der Waals surface area contributed by atoms with Crippen molar-refractivity contribution in [3.8, 4) is 11.8 Å². The van der Waals surface area contributed by atoms with Crippen LogP contribution in [-0.2, 0) is 19.1 Å². The van der Waals surface area contributed by atoms with Crippen LogP contribution in [0, 0.1) is 22.7 Å². The fourth-order valence-electron chi connectivity index (χ4n) is 3.15. The SMILES string of the molecule is COC(=O)[C@H]1CC=C[C@@H](c2ccc(OC)cc2)C1(C#N)C(=O)OC. The third-order valence-electron chi connectivity index (χ3n) is 4.41. The van der Waals surface area contributed by atoms with Gasteiger partial charge in [-0.2, -0.15) is 5.26 Å². The van der Waals surface area contributed by atoms with Gasteiger partial charge in [-0.3, -0.25) is 9.59 Å². The molecule has 0 saturated carbocycles. The molecule has 0 heterocycles. The van der Waals surface area contributed by atoms with Crippen LogP contribution < -0.4 is 4.74 Å². The van der Waals surface area contributed by atoms with E-state index in [1.54, 1.807) is 43.5 Å². The Morgan fingerprint density at radius 1 is 1.17 bits per heavy atom. The smallest absolute Gasteiger partial charge is 0.328 e. The maximum atomic E-state index is 12.5. The molecule has 24 heavy (non-hydrogen) atoms. The van der Waals surface area contributed by atoms with Crippen molar-refractivity contribution in [3.05, 3.63) is 42.0 Å². The molecule has 1 aromatic carbocycles. The zero-order valence-electron chi connectivity index (χ0n) is 13.8. The van der Waals surface area contributed by atoms with Crippen LogP contribution in [0.15, 0.2) is 36.4 Å². The maximum absolute atomic E-state index is 12.5. The molecule has 1 aliphatic rings. The van der Waals surface area contributed by atoms with E-state index >= 15 is 0 Å². The van der Waals surface area contributed by atoms with Crippen LogP contribution in [0.25, 0.3) is 0 Å². The Bertz CT molecular complexity index is 688. The number of carbonyl (C=O) groups excluding carboxylic acids is 2. The topological polar surface area (TPSA) is 85.6 Å². The van der Waals surface area contributed by atoms with Gasteiger partial charge in [-0.05, 0) is 24.1 Å². The first-order valence-electron chi connectivity index (χ1n) is 7.43. The van der Waals surface area contributed by atoms with Crippen molar-refractivity contribution >= 4 is 11.9 Å². The zero-order valence-corrected chi connectivity index (χ0v) is 13.8. The minimum atomic E-state index is -1.68. The van der Waals surface area contributed by atoms with E-state index in [4.69, 9.17) is 14.2 Å². The van der Waals surface area contributed by atoms with E-state index in [0.717, 1.165) is 0 Å². The molecule has 0 bridgehead atoms. The molecule has 6 heteroatoms. The number of hydrogen-bond donors (Lipinski definition) is 0. The lowest BCUT2D eigenvalue weighted by molar-refractivity contribution is -0.163. The highest BCUT2D eigenvalue weighted by Crippen LogP contribution is 2.49. The Hall–Kier alpha value is -2.81. The third kappa shape index (κ3) is 2.73. The van der Waals surface area contributed by atoms with Gasteiger partial charge in [0, 0.05) is 5.92 Å². The van der Waals surface area contributed by atoms with Gasteiger partial charge in [-0.1, -0.05) is 24.3 Å². The van der Waals surface area contributed by atoms with Crippen LogP contribution >= 0.6 is 0 Å². The number of nitriles is 1. The number of esters is 2. The first-order valence-corrected chi connectivity index (χ1v) is 7.43. The quantitative estimate of drug-likeness (QED) is 0.622. The molecule has 0 N–H and O–H groups in total. The lowest BCUT2D eigenvalue weighted by Crippen LogP contribution is -2.48. The van der Waals surface area contributed by atoms with E-state index in [-0.39, 0.29) is 6.42 Å². The van der Waals surface area contributed by atoms with Crippen molar-refractivity contribution in [1.29, 1.82) is 5.26 Å². The lowest BCUT2D eigenvalue weighted by Gasteiger charge is -2.38. The number of carbonyl (C=O) groups is 2. The number of nitrogens with zero attached hydrogens (tertiary/aromatic N) is 1. The van der Waals surface area contributed by atoms with E-state index in [1.807, 2.05) is 0 Å². The highest BCUT2D eigenvalue weighted by atomic mass is 16.5. The fraction of sp³-hybridized carbons (Fsp3) is 0.389. The van der Waals surface area contributed by atoms with E-state index in [2.05, 4.69) is 6.07 Å². The zero-order chi connectivity index (χ0) is 17.7. The molecule has 0 radical (unpaired) electrons. The minimum absolute atomic E-state index is 0.238. The van der Waals surface area contributed by atoms with E-state index in [0.29, 0.717) is 11.3 Å². The molecule has 0 saturated heterocycles. The molecular formula is C18H19NO5. The lowest BCUT2D eigenvalue weighted by atomic mass is 9.61. The minimum Gasteiger partial charge on any atom is -0.497 e. The summed E-state index contributed by atoms with van der Waals surface area (Å²) in [5.74, 6) is -2.25. The van der Waals surface area contributed by atoms with E-state index < -0.39 is 29.2 Å². The van der Waals surface area contributed by atoms with Crippen molar-refractivity contribution < 1.29 is 23.8 Å². The molecule has 0 amide bonds. The summed E-state index contributed by atoms with van der Waals surface area (Å²) in [7, 11) is 4.00. The number of benzene rings is 1. The second kappa shape index (κ2) is 7.18. The molecule has 0 fully saturated rings.